The van der Waals surface area contributed by atoms with E-state index in [9.17, 15) is 4.79 Å². The van der Waals surface area contributed by atoms with Gasteiger partial charge in [0.1, 0.15) is 5.69 Å². The number of aryl methyl sites for hydroxylation is 3. The second kappa shape index (κ2) is 6.63. The first kappa shape index (κ1) is 15.7. The van der Waals surface area contributed by atoms with Crippen LogP contribution in [-0.2, 0) is 20.0 Å². The van der Waals surface area contributed by atoms with Crippen molar-refractivity contribution in [3.63, 3.8) is 0 Å². The minimum atomic E-state index is -0.0166. The molecule has 2 aromatic heterocycles. The van der Waals surface area contributed by atoms with E-state index in [-0.39, 0.29) is 11.9 Å². The van der Waals surface area contributed by atoms with Crippen LogP contribution in [0.25, 0.3) is 0 Å². The predicted octanol–water partition coefficient (Wildman–Crippen LogP) is 2.40. The molecule has 128 valence electrons. The molecule has 1 aliphatic heterocycles. The van der Waals surface area contributed by atoms with Crippen molar-refractivity contribution in [3.05, 3.63) is 29.8 Å². The molecule has 2 aliphatic rings. The number of carbonyl (C=O) groups is 1. The van der Waals surface area contributed by atoms with Gasteiger partial charge in [-0.1, -0.05) is 11.8 Å². The highest BCUT2D eigenvalue weighted by atomic mass is 32.2. The maximum atomic E-state index is 12.4. The van der Waals surface area contributed by atoms with Crippen LogP contribution in [0.1, 0.15) is 48.3 Å². The van der Waals surface area contributed by atoms with Crippen LogP contribution in [0, 0.1) is 0 Å². The van der Waals surface area contributed by atoms with E-state index in [0.717, 1.165) is 50.2 Å². The molecule has 0 spiro atoms. The lowest BCUT2D eigenvalue weighted by Crippen LogP contribution is -2.38. The molecule has 1 fully saturated rings. The molecule has 7 heteroatoms. The second-order valence-electron chi connectivity index (χ2n) is 6.73. The second-order valence-corrected chi connectivity index (χ2v) is 8.00. The van der Waals surface area contributed by atoms with Gasteiger partial charge in [0.15, 0.2) is 5.16 Å². The molecule has 1 N–H and O–H groups in total. The van der Waals surface area contributed by atoms with Gasteiger partial charge < -0.3 is 9.88 Å². The Labute approximate surface area is 146 Å². The van der Waals surface area contributed by atoms with Crippen LogP contribution in [0.2, 0.25) is 0 Å². The molecule has 4 rings (SSSR count). The number of fused-ring (bicyclic) bond motifs is 1. The zero-order valence-corrected chi connectivity index (χ0v) is 14.8. The number of hydrogen-bond donors (Lipinski definition) is 1. The van der Waals surface area contributed by atoms with Crippen molar-refractivity contribution in [2.75, 3.05) is 0 Å². The van der Waals surface area contributed by atoms with Gasteiger partial charge in [0.25, 0.3) is 5.91 Å². The maximum absolute atomic E-state index is 12.4. The largest absolute Gasteiger partial charge is 0.348 e. The van der Waals surface area contributed by atoms with Gasteiger partial charge in [-0.25, -0.2) is 4.98 Å². The SMILES string of the molecule is Cn1ccnc1SC1CCC(NC(=O)c2cc3n(n2)CCC3)CC1. The summed E-state index contributed by atoms with van der Waals surface area (Å²) in [6.45, 7) is 0.943. The zero-order chi connectivity index (χ0) is 16.5. The standard InChI is InChI=1S/C17H23N5OS/c1-21-10-8-18-17(21)24-14-6-4-12(5-7-14)19-16(23)15-11-13-3-2-9-22(13)20-15/h8,10-12,14H,2-7,9H2,1H3,(H,19,23). The number of amides is 1. The molecule has 1 saturated carbocycles. The van der Waals surface area contributed by atoms with Gasteiger partial charge in [0.05, 0.1) is 0 Å². The van der Waals surface area contributed by atoms with Crippen molar-refractivity contribution in [1.29, 1.82) is 0 Å². The first-order valence-corrected chi connectivity index (χ1v) is 9.58. The molecule has 1 amide bonds. The number of imidazole rings is 1. The van der Waals surface area contributed by atoms with E-state index in [2.05, 4.69) is 20.0 Å². The minimum absolute atomic E-state index is 0.0166. The molecule has 0 unspecified atom stereocenters. The van der Waals surface area contributed by atoms with E-state index in [1.807, 2.05) is 42.0 Å². The van der Waals surface area contributed by atoms with Gasteiger partial charge in [0, 0.05) is 43.0 Å². The number of nitrogens with one attached hydrogen (secondary N) is 1. The summed E-state index contributed by atoms with van der Waals surface area (Å²) in [6.07, 6.45) is 10.3. The van der Waals surface area contributed by atoms with Crippen molar-refractivity contribution in [3.8, 4) is 0 Å². The Morgan fingerprint density at radius 3 is 2.88 bits per heavy atom. The molecule has 3 heterocycles. The molecule has 0 radical (unpaired) electrons. The maximum Gasteiger partial charge on any atom is 0.272 e. The van der Waals surface area contributed by atoms with Crippen molar-refractivity contribution >= 4 is 17.7 Å². The van der Waals surface area contributed by atoms with Crippen LogP contribution < -0.4 is 5.32 Å². The zero-order valence-electron chi connectivity index (χ0n) is 13.9. The summed E-state index contributed by atoms with van der Waals surface area (Å²) in [4.78, 5) is 16.8. The first-order chi connectivity index (χ1) is 11.7. The molecule has 6 nitrogen and oxygen atoms in total. The molecule has 0 bridgehead atoms. The molecule has 0 aromatic carbocycles. The Hall–Kier alpha value is -1.76. The summed E-state index contributed by atoms with van der Waals surface area (Å²) in [5, 5.41) is 9.26. The van der Waals surface area contributed by atoms with Gasteiger partial charge in [0.2, 0.25) is 0 Å². The third kappa shape index (κ3) is 3.22. The van der Waals surface area contributed by atoms with Gasteiger partial charge in [-0.2, -0.15) is 5.10 Å². The Balaban J connectivity index is 1.28. The highest BCUT2D eigenvalue weighted by Gasteiger charge is 2.25. The third-order valence-electron chi connectivity index (χ3n) is 4.96. The topological polar surface area (TPSA) is 64.7 Å². The number of thioether (sulfide) groups is 1. The lowest BCUT2D eigenvalue weighted by molar-refractivity contribution is 0.0922. The third-order valence-corrected chi connectivity index (χ3v) is 6.37. The lowest BCUT2D eigenvalue weighted by Gasteiger charge is -2.28. The number of nitrogens with zero attached hydrogens (tertiary/aromatic N) is 4. The van der Waals surface area contributed by atoms with Crippen molar-refractivity contribution in [1.82, 2.24) is 24.6 Å². The fourth-order valence-electron chi connectivity index (χ4n) is 3.57. The predicted molar refractivity (Wildman–Crippen MR) is 93.1 cm³/mol. The van der Waals surface area contributed by atoms with E-state index in [1.54, 1.807) is 0 Å². The Morgan fingerprint density at radius 2 is 2.17 bits per heavy atom. The first-order valence-electron chi connectivity index (χ1n) is 8.70. The summed E-state index contributed by atoms with van der Waals surface area (Å²) < 4.78 is 4.03. The number of aromatic nitrogens is 4. The molecular weight excluding hydrogens is 322 g/mol. The fraction of sp³-hybridized carbons (Fsp3) is 0.588. The van der Waals surface area contributed by atoms with Crippen molar-refractivity contribution < 1.29 is 4.79 Å². The smallest absolute Gasteiger partial charge is 0.272 e. The Kier molecular flexibility index (Phi) is 4.35. The monoisotopic (exact) mass is 345 g/mol. The van der Waals surface area contributed by atoms with E-state index in [1.165, 1.54) is 5.69 Å². The van der Waals surface area contributed by atoms with Crippen LogP contribution in [0.3, 0.4) is 0 Å². The Bertz CT molecular complexity index is 708. The van der Waals surface area contributed by atoms with Crippen LogP contribution >= 0.6 is 11.8 Å². The number of carbonyl (C=O) groups excluding carboxylic acids is 1. The molecule has 24 heavy (non-hydrogen) atoms. The summed E-state index contributed by atoms with van der Waals surface area (Å²) >= 11 is 1.85. The van der Waals surface area contributed by atoms with E-state index in [4.69, 9.17) is 0 Å². The van der Waals surface area contributed by atoms with Gasteiger partial charge in [-0.05, 0) is 44.6 Å². The molecule has 0 atom stereocenters. The van der Waals surface area contributed by atoms with Gasteiger partial charge in [-0.15, -0.1) is 0 Å². The fourth-order valence-corrected chi connectivity index (χ4v) is 4.72. The van der Waals surface area contributed by atoms with Gasteiger partial charge in [-0.3, -0.25) is 9.48 Å². The van der Waals surface area contributed by atoms with Crippen molar-refractivity contribution in [2.45, 2.75) is 61.5 Å². The Morgan fingerprint density at radius 1 is 1.33 bits per heavy atom. The number of rotatable bonds is 4. The normalized spacial score (nSPS) is 23.2. The average molecular weight is 345 g/mol. The summed E-state index contributed by atoms with van der Waals surface area (Å²) in [7, 11) is 2.03. The molecule has 0 saturated heterocycles. The summed E-state index contributed by atoms with van der Waals surface area (Å²) in [5.41, 5.74) is 1.77. The lowest BCUT2D eigenvalue weighted by atomic mass is 9.95. The van der Waals surface area contributed by atoms with E-state index < -0.39 is 0 Å². The quantitative estimate of drug-likeness (QED) is 0.924. The van der Waals surface area contributed by atoms with Gasteiger partial charge >= 0.3 is 0 Å². The summed E-state index contributed by atoms with van der Waals surface area (Å²) in [6, 6.07) is 2.22. The van der Waals surface area contributed by atoms with Crippen LogP contribution in [0.15, 0.2) is 23.6 Å². The summed E-state index contributed by atoms with van der Waals surface area (Å²) in [5.74, 6) is -0.0166. The molecule has 1 aliphatic carbocycles. The van der Waals surface area contributed by atoms with Crippen LogP contribution in [0.5, 0.6) is 0 Å². The van der Waals surface area contributed by atoms with Crippen LogP contribution in [0.4, 0.5) is 0 Å². The minimum Gasteiger partial charge on any atom is -0.348 e. The molecule has 2 aromatic rings. The van der Waals surface area contributed by atoms with E-state index in [0.29, 0.717) is 10.9 Å². The van der Waals surface area contributed by atoms with Crippen molar-refractivity contribution in [2.24, 2.45) is 7.05 Å². The van der Waals surface area contributed by atoms with E-state index >= 15 is 0 Å². The highest BCUT2D eigenvalue weighted by Crippen LogP contribution is 2.32. The molecular formula is C17H23N5OS. The average Bonchev–Trinajstić information content (AvgIpc) is 3.26. The van der Waals surface area contributed by atoms with Crippen LogP contribution in [-0.4, -0.2) is 36.5 Å². The highest BCUT2D eigenvalue weighted by molar-refractivity contribution is 7.99. The number of hydrogen-bond acceptors (Lipinski definition) is 4.